The van der Waals surface area contributed by atoms with Crippen LogP contribution in [-0.2, 0) is 9.53 Å². The minimum absolute atomic E-state index is 0.00298. The van der Waals surface area contributed by atoms with Crippen LogP contribution in [0.1, 0.15) is 49.4 Å². The van der Waals surface area contributed by atoms with Crippen LogP contribution in [0.4, 0.5) is 4.79 Å². The van der Waals surface area contributed by atoms with Crippen LogP contribution in [-0.4, -0.2) is 34.1 Å². The fourth-order valence-electron chi connectivity index (χ4n) is 2.39. The molecule has 0 aliphatic heterocycles. The SMILES string of the molecule is Cc1oc(-n2cccc2)c(C#N)c1C(=O)O[C@@H](C)C(=O)NC(=O)NC(C)(C)C. The molecule has 2 heterocycles. The number of nitrogens with one attached hydrogen (secondary N) is 2. The summed E-state index contributed by atoms with van der Waals surface area (Å²) in [7, 11) is 0. The highest BCUT2D eigenvalue weighted by Crippen LogP contribution is 2.26. The number of nitrogens with zero attached hydrogens (tertiary/aromatic N) is 2. The molecule has 0 aromatic carbocycles. The first kappa shape index (κ1) is 20.8. The van der Waals surface area contributed by atoms with Crippen molar-refractivity contribution in [3.05, 3.63) is 41.4 Å². The van der Waals surface area contributed by atoms with Gasteiger partial charge in [-0.15, -0.1) is 0 Å². The second-order valence-electron chi connectivity index (χ2n) is 7.16. The second-order valence-corrected chi connectivity index (χ2v) is 7.16. The molecule has 0 spiro atoms. The normalized spacial score (nSPS) is 12.0. The van der Waals surface area contributed by atoms with Gasteiger partial charge in [-0.2, -0.15) is 5.26 Å². The molecular weight excluding hydrogens is 364 g/mol. The average Bonchev–Trinajstić information content (AvgIpc) is 3.19. The van der Waals surface area contributed by atoms with Crippen LogP contribution in [0.2, 0.25) is 0 Å². The van der Waals surface area contributed by atoms with E-state index >= 15 is 0 Å². The molecule has 0 fully saturated rings. The molecule has 9 nitrogen and oxygen atoms in total. The monoisotopic (exact) mass is 386 g/mol. The van der Waals surface area contributed by atoms with Crippen LogP contribution in [0.15, 0.2) is 28.9 Å². The van der Waals surface area contributed by atoms with Crippen molar-refractivity contribution >= 4 is 17.9 Å². The van der Waals surface area contributed by atoms with Crippen LogP contribution in [0.3, 0.4) is 0 Å². The number of amides is 3. The molecule has 0 aliphatic rings. The van der Waals surface area contributed by atoms with Crippen LogP contribution in [0, 0.1) is 18.3 Å². The van der Waals surface area contributed by atoms with Crippen molar-refractivity contribution in [3.63, 3.8) is 0 Å². The topological polar surface area (TPSA) is 126 Å². The van der Waals surface area contributed by atoms with Crippen LogP contribution < -0.4 is 10.6 Å². The molecule has 0 unspecified atom stereocenters. The Morgan fingerprint density at radius 3 is 2.39 bits per heavy atom. The molecule has 1 atom stereocenters. The van der Waals surface area contributed by atoms with Gasteiger partial charge in [-0.3, -0.25) is 14.7 Å². The van der Waals surface area contributed by atoms with Crippen molar-refractivity contribution in [2.45, 2.75) is 46.3 Å². The molecule has 0 aliphatic carbocycles. The van der Waals surface area contributed by atoms with Gasteiger partial charge in [-0.1, -0.05) is 0 Å². The third kappa shape index (κ3) is 4.79. The van der Waals surface area contributed by atoms with Crippen molar-refractivity contribution in [1.29, 1.82) is 5.26 Å². The number of aromatic nitrogens is 1. The van der Waals surface area contributed by atoms with E-state index in [-0.39, 0.29) is 22.8 Å². The quantitative estimate of drug-likeness (QED) is 0.777. The highest BCUT2D eigenvalue weighted by molar-refractivity contribution is 5.99. The predicted octanol–water partition coefficient (Wildman–Crippen LogP) is 2.42. The molecule has 2 N–H and O–H groups in total. The van der Waals surface area contributed by atoms with E-state index < -0.39 is 29.6 Å². The Hall–Kier alpha value is -3.54. The summed E-state index contributed by atoms with van der Waals surface area (Å²) in [5.74, 6) is -1.32. The largest absolute Gasteiger partial charge is 0.449 e. The van der Waals surface area contributed by atoms with Gasteiger partial charge in [0.1, 0.15) is 23.0 Å². The molecule has 3 amide bonds. The number of hydrogen-bond donors (Lipinski definition) is 2. The summed E-state index contributed by atoms with van der Waals surface area (Å²) >= 11 is 0. The maximum Gasteiger partial charge on any atom is 0.343 e. The number of esters is 1. The Kier molecular flexibility index (Phi) is 5.93. The number of ether oxygens (including phenoxy) is 1. The van der Waals surface area contributed by atoms with Crippen molar-refractivity contribution < 1.29 is 23.5 Å². The van der Waals surface area contributed by atoms with E-state index in [0.717, 1.165) is 0 Å². The number of imide groups is 1. The van der Waals surface area contributed by atoms with Crippen LogP contribution in [0.25, 0.3) is 5.88 Å². The first-order valence-corrected chi connectivity index (χ1v) is 8.54. The zero-order chi connectivity index (χ0) is 21.1. The fourth-order valence-corrected chi connectivity index (χ4v) is 2.39. The number of rotatable bonds is 4. The van der Waals surface area contributed by atoms with E-state index in [1.165, 1.54) is 13.8 Å². The molecule has 2 aromatic heterocycles. The lowest BCUT2D eigenvalue weighted by molar-refractivity contribution is -0.127. The minimum atomic E-state index is -1.26. The van der Waals surface area contributed by atoms with Gasteiger partial charge in [-0.25, -0.2) is 9.59 Å². The van der Waals surface area contributed by atoms with Gasteiger partial charge in [-0.05, 0) is 46.8 Å². The van der Waals surface area contributed by atoms with E-state index in [4.69, 9.17) is 9.15 Å². The third-order valence-corrected chi connectivity index (χ3v) is 3.60. The lowest BCUT2D eigenvalue weighted by atomic mass is 10.1. The molecule has 148 valence electrons. The van der Waals surface area contributed by atoms with Gasteiger partial charge >= 0.3 is 12.0 Å². The minimum Gasteiger partial charge on any atom is -0.449 e. The number of urea groups is 1. The molecule has 0 bridgehead atoms. The second kappa shape index (κ2) is 8.00. The maximum absolute atomic E-state index is 12.5. The fraction of sp³-hybridized carbons (Fsp3) is 0.368. The smallest absolute Gasteiger partial charge is 0.343 e. The molecule has 0 radical (unpaired) electrons. The Morgan fingerprint density at radius 1 is 1.25 bits per heavy atom. The summed E-state index contributed by atoms with van der Waals surface area (Å²) < 4.78 is 12.2. The molecule has 0 saturated carbocycles. The lowest BCUT2D eigenvalue weighted by Crippen LogP contribution is -2.50. The number of aryl methyl sites for hydroxylation is 1. The van der Waals surface area contributed by atoms with Gasteiger partial charge in [0, 0.05) is 17.9 Å². The van der Waals surface area contributed by atoms with Crippen LogP contribution >= 0.6 is 0 Å². The zero-order valence-electron chi connectivity index (χ0n) is 16.3. The summed E-state index contributed by atoms with van der Waals surface area (Å²) in [4.78, 5) is 36.4. The highest BCUT2D eigenvalue weighted by atomic mass is 16.5. The number of furan rings is 1. The molecule has 2 rings (SSSR count). The third-order valence-electron chi connectivity index (χ3n) is 3.60. The van der Waals surface area contributed by atoms with E-state index in [9.17, 15) is 19.6 Å². The van der Waals surface area contributed by atoms with Crippen molar-refractivity contribution in [3.8, 4) is 12.0 Å². The molecule has 9 heteroatoms. The Bertz CT molecular complexity index is 929. The predicted molar refractivity (Wildman–Crippen MR) is 98.8 cm³/mol. The summed E-state index contributed by atoms with van der Waals surface area (Å²) in [6.45, 7) is 8.12. The van der Waals surface area contributed by atoms with Gasteiger partial charge in [0.15, 0.2) is 6.10 Å². The van der Waals surface area contributed by atoms with E-state index in [1.807, 2.05) is 6.07 Å². The lowest BCUT2D eigenvalue weighted by Gasteiger charge is -2.21. The Balaban J connectivity index is 2.14. The van der Waals surface area contributed by atoms with Gasteiger partial charge < -0.3 is 14.5 Å². The first-order chi connectivity index (χ1) is 13.0. The van der Waals surface area contributed by atoms with Crippen LogP contribution in [0.5, 0.6) is 0 Å². The summed E-state index contributed by atoms with van der Waals surface area (Å²) in [6.07, 6.45) is 2.07. The highest BCUT2D eigenvalue weighted by Gasteiger charge is 2.29. The summed E-state index contributed by atoms with van der Waals surface area (Å²) in [5.41, 5.74) is -0.601. The maximum atomic E-state index is 12.5. The standard InChI is InChI=1S/C19H22N4O5/c1-11-14(13(10-20)16(27-11)23-8-6-7-9-23)17(25)28-12(2)15(24)21-18(26)22-19(3,4)5/h6-9,12H,1-5H3,(H2,21,22,24,26)/t12-/m0/s1. The van der Waals surface area contributed by atoms with Gasteiger partial charge in [0.2, 0.25) is 5.88 Å². The van der Waals surface area contributed by atoms with Crippen molar-refractivity contribution in [1.82, 2.24) is 15.2 Å². The molecule has 0 saturated heterocycles. The van der Waals surface area contributed by atoms with Gasteiger partial charge in [0.05, 0.1) is 0 Å². The number of carbonyl (C=O) groups excluding carboxylic acids is 3. The summed E-state index contributed by atoms with van der Waals surface area (Å²) in [6, 6.07) is 4.72. The van der Waals surface area contributed by atoms with Gasteiger partial charge in [0.25, 0.3) is 5.91 Å². The number of nitriles is 1. The van der Waals surface area contributed by atoms with E-state index in [1.54, 1.807) is 49.9 Å². The number of carbonyl (C=O) groups is 3. The Labute approximate surface area is 162 Å². The first-order valence-electron chi connectivity index (χ1n) is 8.54. The summed E-state index contributed by atoms with van der Waals surface area (Å²) in [5, 5.41) is 14.1. The molecule has 2 aromatic rings. The number of hydrogen-bond acceptors (Lipinski definition) is 6. The van der Waals surface area contributed by atoms with Crippen molar-refractivity contribution in [2.24, 2.45) is 0 Å². The molecule has 28 heavy (non-hydrogen) atoms. The average molecular weight is 386 g/mol. The van der Waals surface area contributed by atoms with E-state index in [0.29, 0.717) is 0 Å². The molecular formula is C19H22N4O5. The van der Waals surface area contributed by atoms with Crippen molar-refractivity contribution in [2.75, 3.05) is 0 Å². The zero-order valence-corrected chi connectivity index (χ0v) is 16.3. The Morgan fingerprint density at radius 2 is 1.86 bits per heavy atom. The van der Waals surface area contributed by atoms with E-state index in [2.05, 4.69) is 10.6 Å².